The normalized spacial score (nSPS) is 12.4. The van der Waals surface area contributed by atoms with Crippen LogP contribution in [0.25, 0.3) is 0 Å². The summed E-state index contributed by atoms with van der Waals surface area (Å²) in [5.41, 5.74) is -0.443. The van der Waals surface area contributed by atoms with Crippen molar-refractivity contribution in [2.45, 2.75) is 51.1 Å². The van der Waals surface area contributed by atoms with Crippen molar-refractivity contribution >= 4 is 40.9 Å². The molecule has 0 aliphatic carbocycles. The van der Waals surface area contributed by atoms with Crippen LogP contribution in [0.3, 0.4) is 0 Å². The van der Waals surface area contributed by atoms with E-state index in [1.54, 1.807) is 24.3 Å². The standard InChI is InChI=1S/C25H27ClF3N5O2S/c1-4-34-22(20(12-15(2)3)31-23(36)18-10-5-6-11-19(18)26)32-33-24(34)37-14-21(35)30-17-9-7-8-16(13-17)25(27,28)29/h5-11,13,15,20H,4,12,14H2,1-3H3,(H,30,35)(H,31,36)/t20-/m0/s1. The first kappa shape index (κ1) is 28.5. The smallest absolute Gasteiger partial charge is 0.342 e. The third-order valence-corrected chi connectivity index (χ3v) is 6.61. The number of alkyl halides is 3. The fourth-order valence-corrected chi connectivity index (χ4v) is 4.67. The van der Waals surface area contributed by atoms with E-state index in [-0.39, 0.29) is 23.3 Å². The number of thioether (sulfide) groups is 1. The number of halogens is 4. The predicted molar refractivity (Wildman–Crippen MR) is 138 cm³/mol. The minimum absolute atomic E-state index is 0.0531. The van der Waals surface area contributed by atoms with Gasteiger partial charge in [-0.15, -0.1) is 10.2 Å². The number of hydrogen-bond acceptors (Lipinski definition) is 5. The first-order valence-corrected chi connectivity index (χ1v) is 12.9. The van der Waals surface area contributed by atoms with E-state index in [0.717, 1.165) is 23.9 Å². The molecule has 0 bridgehead atoms. The largest absolute Gasteiger partial charge is 0.416 e. The van der Waals surface area contributed by atoms with Crippen LogP contribution >= 0.6 is 23.4 Å². The zero-order chi connectivity index (χ0) is 27.2. The lowest BCUT2D eigenvalue weighted by atomic mass is 10.0. The first-order valence-electron chi connectivity index (χ1n) is 11.6. The van der Waals surface area contributed by atoms with Crippen molar-refractivity contribution in [3.05, 3.63) is 70.5 Å². The van der Waals surface area contributed by atoms with Gasteiger partial charge in [-0.25, -0.2) is 0 Å². The lowest BCUT2D eigenvalue weighted by molar-refractivity contribution is -0.137. The molecule has 2 aromatic carbocycles. The third-order valence-electron chi connectivity index (χ3n) is 5.31. The number of nitrogens with one attached hydrogen (secondary N) is 2. The summed E-state index contributed by atoms with van der Waals surface area (Å²) in [6.07, 6.45) is -3.91. The topological polar surface area (TPSA) is 88.9 Å². The monoisotopic (exact) mass is 553 g/mol. The van der Waals surface area contributed by atoms with E-state index < -0.39 is 23.7 Å². The second kappa shape index (κ2) is 12.5. The number of hydrogen-bond donors (Lipinski definition) is 2. The molecular weight excluding hydrogens is 527 g/mol. The SMILES string of the molecule is CCn1c(SCC(=O)Nc2cccc(C(F)(F)F)c2)nnc1[C@H](CC(C)C)NC(=O)c1ccccc1Cl. The van der Waals surface area contributed by atoms with Crippen LogP contribution in [-0.4, -0.2) is 32.3 Å². The van der Waals surface area contributed by atoms with Crippen LogP contribution < -0.4 is 10.6 Å². The molecule has 7 nitrogen and oxygen atoms in total. The molecular formula is C25H27ClF3N5O2S. The van der Waals surface area contributed by atoms with Crippen LogP contribution in [0, 0.1) is 5.92 Å². The molecule has 1 atom stereocenters. The number of carbonyl (C=O) groups excluding carboxylic acids is 2. The summed E-state index contributed by atoms with van der Waals surface area (Å²) < 4.78 is 40.6. The minimum Gasteiger partial charge on any atom is -0.342 e. The maximum Gasteiger partial charge on any atom is 0.416 e. The Labute approximate surface area is 222 Å². The molecule has 0 saturated heterocycles. The summed E-state index contributed by atoms with van der Waals surface area (Å²) in [6, 6.07) is 10.7. The fraction of sp³-hybridized carbons (Fsp3) is 0.360. The fourth-order valence-electron chi connectivity index (χ4n) is 3.64. The molecule has 0 radical (unpaired) electrons. The Hall–Kier alpha value is -3.05. The van der Waals surface area contributed by atoms with Gasteiger partial charge in [-0.3, -0.25) is 9.59 Å². The van der Waals surface area contributed by atoms with Gasteiger partial charge in [0.15, 0.2) is 11.0 Å². The predicted octanol–water partition coefficient (Wildman–Crippen LogP) is 6.22. The summed E-state index contributed by atoms with van der Waals surface area (Å²) in [6.45, 7) is 6.42. The summed E-state index contributed by atoms with van der Waals surface area (Å²) in [7, 11) is 0. The summed E-state index contributed by atoms with van der Waals surface area (Å²) in [5, 5.41) is 14.8. The Morgan fingerprint density at radius 2 is 1.84 bits per heavy atom. The molecule has 37 heavy (non-hydrogen) atoms. The molecule has 0 fully saturated rings. The average molecular weight is 554 g/mol. The van der Waals surface area contributed by atoms with Gasteiger partial charge in [0.1, 0.15) is 0 Å². The van der Waals surface area contributed by atoms with Gasteiger partial charge in [0.05, 0.1) is 27.9 Å². The van der Waals surface area contributed by atoms with Crippen molar-refractivity contribution in [2.75, 3.05) is 11.1 Å². The maximum absolute atomic E-state index is 12.9. The highest BCUT2D eigenvalue weighted by Gasteiger charge is 2.30. The van der Waals surface area contributed by atoms with Gasteiger partial charge in [0.2, 0.25) is 5.91 Å². The highest BCUT2D eigenvalue weighted by molar-refractivity contribution is 7.99. The van der Waals surface area contributed by atoms with Gasteiger partial charge < -0.3 is 15.2 Å². The van der Waals surface area contributed by atoms with Crippen molar-refractivity contribution in [2.24, 2.45) is 5.92 Å². The van der Waals surface area contributed by atoms with E-state index in [1.807, 2.05) is 25.3 Å². The van der Waals surface area contributed by atoms with E-state index in [2.05, 4.69) is 20.8 Å². The molecule has 2 N–H and O–H groups in total. The second-order valence-electron chi connectivity index (χ2n) is 8.64. The van der Waals surface area contributed by atoms with Crippen LogP contribution in [-0.2, 0) is 17.5 Å². The molecule has 1 heterocycles. The number of nitrogens with zero attached hydrogens (tertiary/aromatic N) is 3. The van der Waals surface area contributed by atoms with Crippen LogP contribution in [0.4, 0.5) is 18.9 Å². The minimum atomic E-state index is -4.50. The van der Waals surface area contributed by atoms with E-state index >= 15 is 0 Å². The van der Waals surface area contributed by atoms with Gasteiger partial charge in [-0.2, -0.15) is 13.2 Å². The molecule has 198 valence electrons. The van der Waals surface area contributed by atoms with Crippen LogP contribution in [0.15, 0.2) is 53.7 Å². The first-order chi connectivity index (χ1) is 17.5. The molecule has 0 saturated carbocycles. The van der Waals surface area contributed by atoms with E-state index in [4.69, 9.17) is 11.6 Å². The van der Waals surface area contributed by atoms with E-state index in [1.165, 1.54) is 12.1 Å². The van der Waals surface area contributed by atoms with Crippen LogP contribution in [0.1, 0.15) is 55.0 Å². The second-order valence-corrected chi connectivity index (χ2v) is 9.99. The van der Waals surface area contributed by atoms with Gasteiger partial charge in [0, 0.05) is 12.2 Å². The van der Waals surface area contributed by atoms with Crippen molar-refractivity contribution in [3.63, 3.8) is 0 Å². The molecule has 2 amide bonds. The summed E-state index contributed by atoms with van der Waals surface area (Å²) >= 11 is 7.29. The zero-order valence-corrected chi connectivity index (χ0v) is 22.0. The molecule has 3 aromatic rings. The summed E-state index contributed by atoms with van der Waals surface area (Å²) in [4.78, 5) is 25.4. The molecule has 0 aliphatic rings. The number of anilines is 1. The Morgan fingerprint density at radius 3 is 2.49 bits per heavy atom. The van der Waals surface area contributed by atoms with Gasteiger partial charge in [-0.05, 0) is 49.6 Å². The lowest BCUT2D eigenvalue weighted by Gasteiger charge is -2.21. The lowest BCUT2D eigenvalue weighted by Crippen LogP contribution is -2.31. The Bertz CT molecular complexity index is 1250. The van der Waals surface area contributed by atoms with Crippen molar-refractivity contribution in [1.29, 1.82) is 0 Å². The number of amides is 2. The van der Waals surface area contributed by atoms with Crippen molar-refractivity contribution in [1.82, 2.24) is 20.1 Å². The zero-order valence-electron chi connectivity index (χ0n) is 20.5. The highest BCUT2D eigenvalue weighted by Crippen LogP contribution is 2.31. The molecule has 0 spiro atoms. The highest BCUT2D eigenvalue weighted by atomic mass is 35.5. The molecule has 1 aromatic heterocycles. The average Bonchev–Trinajstić information content (AvgIpc) is 3.25. The Kier molecular flexibility index (Phi) is 9.61. The number of carbonyl (C=O) groups is 2. The number of aromatic nitrogens is 3. The Morgan fingerprint density at radius 1 is 1.11 bits per heavy atom. The van der Waals surface area contributed by atoms with Crippen molar-refractivity contribution in [3.8, 4) is 0 Å². The molecule has 12 heteroatoms. The number of benzene rings is 2. The molecule has 3 rings (SSSR count). The quantitative estimate of drug-likeness (QED) is 0.291. The van der Waals surface area contributed by atoms with Crippen LogP contribution in [0.5, 0.6) is 0 Å². The molecule has 0 aliphatic heterocycles. The van der Waals surface area contributed by atoms with Gasteiger partial charge in [-0.1, -0.05) is 55.4 Å². The maximum atomic E-state index is 12.9. The van der Waals surface area contributed by atoms with E-state index in [0.29, 0.717) is 34.5 Å². The summed E-state index contributed by atoms with van der Waals surface area (Å²) in [5.74, 6) is -0.140. The van der Waals surface area contributed by atoms with Gasteiger partial charge in [0.25, 0.3) is 5.91 Å². The Balaban J connectivity index is 1.73. The van der Waals surface area contributed by atoms with Crippen molar-refractivity contribution < 1.29 is 22.8 Å². The number of rotatable bonds is 10. The van der Waals surface area contributed by atoms with Crippen LogP contribution in [0.2, 0.25) is 5.02 Å². The van der Waals surface area contributed by atoms with E-state index in [9.17, 15) is 22.8 Å². The molecule has 0 unspecified atom stereocenters. The van der Waals surface area contributed by atoms with Gasteiger partial charge >= 0.3 is 6.18 Å². The third kappa shape index (κ3) is 7.72.